The van der Waals surface area contributed by atoms with E-state index in [0.717, 1.165) is 28.4 Å². The molecule has 1 amide bonds. The van der Waals surface area contributed by atoms with Crippen LogP contribution in [0.1, 0.15) is 16.8 Å². The SMILES string of the molecule is COc1ccc(CC(=O)NCCNc2nc(C)cc(N(C)C)n2)cc1C. The Balaban J connectivity index is 1.79. The third-order valence-electron chi connectivity index (χ3n) is 3.85. The lowest BCUT2D eigenvalue weighted by molar-refractivity contribution is -0.120. The van der Waals surface area contributed by atoms with E-state index in [1.807, 2.05) is 57.1 Å². The molecule has 0 atom stereocenters. The van der Waals surface area contributed by atoms with Crippen LogP contribution in [0.25, 0.3) is 0 Å². The number of methoxy groups -OCH3 is 1. The van der Waals surface area contributed by atoms with E-state index in [0.29, 0.717) is 25.5 Å². The maximum Gasteiger partial charge on any atom is 0.224 e. The van der Waals surface area contributed by atoms with Crippen molar-refractivity contribution in [1.29, 1.82) is 0 Å². The zero-order valence-electron chi connectivity index (χ0n) is 16.1. The molecule has 1 aromatic carbocycles. The predicted molar refractivity (Wildman–Crippen MR) is 104 cm³/mol. The smallest absolute Gasteiger partial charge is 0.224 e. The predicted octanol–water partition coefficient (Wildman–Crippen LogP) is 1.94. The molecule has 0 unspecified atom stereocenters. The van der Waals surface area contributed by atoms with E-state index in [-0.39, 0.29) is 5.91 Å². The summed E-state index contributed by atoms with van der Waals surface area (Å²) < 4.78 is 5.23. The first kappa shape index (κ1) is 19.5. The molecule has 7 heteroatoms. The van der Waals surface area contributed by atoms with Gasteiger partial charge in [0.05, 0.1) is 13.5 Å². The molecule has 0 radical (unpaired) electrons. The number of amides is 1. The third kappa shape index (κ3) is 5.61. The zero-order valence-corrected chi connectivity index (χ0v) is 16.1. The fraction of sp³-hybridized carbons (Fsp3) is 0.421. The van der Waals surface area contributed by atoms with Gasteiger partial charge in [0.15, 0.2) is 0 Å². The van der Waals surface area contributed by atoms with Crippen molar-refractivity contribution in [3.63, 3.8) is 0 Å². The molecule has 2 N–H and O–H groups in total. The Morgan fingerprint density at radius 1 is 1.15 bits per heavy atom. The van der Waals surface area contributed by atoms with Crippen molar-refractivity contribution in [3.8, 4) is 5.75 Å². The minimum atomic E-state index is -0.0180. The molecule has 0 spiro atoms. The quantitative estimate of drug-likeness (QED) is 0.703. The fourth-order valence-corrected chi connectivity index (χ4v) is 2.53. The first-order valence-electron chi connectivity index (χ1n) is 8.56. The molecule has 0 bridgehead atoms. The molecule has 0 aliphatic heterocycles. The van der Waals surface area contributed by atoms with E-state index in [2.05, 4.69) is 20.6 Å². The first-order valence-corrected chi connectivity index (χ1v) is 8.56. The Kier molecular flexibility index (Phi) is 6.77. The summed E-state index contributed by atoms with van der Waals surface area (Å²) in [5.41, 5.74) is 2.88. The number of nitrogens with zero attached hydrogens (tertiary/aromatic N) is 3. The highest BCUT2D eigenvalue weighted by Gasteiger charge is 2.06. The molecule has 2 aromatic rings. The topological polar surface area (TPSA) is 79.4 Å². The Hall–Kier alpha value is -2.83. The minimum Gasteiger partial charge on any atom is -0.496 e. The number of anilines is 2. The van der Waals surface area contributed by atoms with Crippen molar-refractivity contribution in [2.45, 2.75) is 20.3 Å². The molecule has 0 fully saturated rings. The largest absolute Gasteiger partial charge is 0.496 e. The lowest BCUT2D eigenvalue weighted by Gasteiger charge is -2.14. The van der Waals surface area contributed by atoms with Crippen LogP contribution in [0, 0.1) is 13.8 Å². The van der Waals surface area contributed by atoms with Crippen molar-refractivity contribution in [1.82, 2.24) is 15.3 Å². The summed E-state index contributed by atoms with van der Waals surface area (Å²) >= 11 is 0. The van der Waals surface area contributed by atoms with Gasteiger partial charge in [-0.05, 0) is 31.0 Å². The number of hydrogen-bond acceptors (Lipinski definition) is 6. The van der Waals surface area contributed by atoms with Crippen LogP contribution in [0.4, 0.5) is 11.8 Å². The Labute approximate surface area is 154 Å². The Morgan fingerprint density at radius 2 is 1.92 bits per heavy atom. The molecular weight excluding hydrogens is 330 g/mol. The van der Waals surface area contributed by atoms with E-state index in [1.54, 1.807) is 7.11 Å². The number of aromatic nitrogens is 2. The molecular formula is C19H27N5O2. The lowest BCUT2D eigenvalue weighted by atomic mass is 10.1. The van der Waals surface area contributed by atoms with E-state index in [1.165, 1.54) is 0 Å². The molecule has 0 aliphatic carbocycles. The van der Waals surface area contributed by atoms with E-state index < -0.39 is 0 Å². The van der Waals surface area contributed by atoms with Crippen LogP contribution < -0.4 is 20.3 Å². The van der Waals surface area contributed by atoms with Crippen LogP contribution >= 0.6 is 0 Å². The van der Waals surface area contributed by atoms with Gasteiger partial charge in [0.2, 0.25) is 11.9 Å². The van der Waals surface area contributed by atoms with E-state index in [4.69, 9.17) is 4.74 Å². The summed E-state index contributed by atoms with van der Waals surface area (Å²) in [5, 5.41) is 6.05. The van der Waals surface area contributed by atoms with Gasteiger partial charge in [0.1, 0.15) is 11.6 Å². The molecule has 0 saturated heterocycles. The van der Waals surface area contributed by atoms with Gasteiger partial charge in [-0.1, -0.05) is 12.1 Å². The number of carbonyl (C=O) groups excluding carboxylic acids is 1. The third-order valence-corrected chi connectivity index (χ3v) is 3.85. The van der Waals surface area contributed by atoms with Crippen molar-refractivity contribution >= 4 is 17.7 Å². The fourth-order valence-electron chi connectivity index (χ4n) is 2.53. The van der Waals surface area contributed by atoms with Crippen LogP contribution in [-0.4, -0.2) is 50.2 Å². The summed E-state index contributed by atoms with van der Waals surface area (Å²) in [6, 6.07) is 7.69. The normalized spacial score (nSPS) is 10.3. The van der Waals surface area contributed by atoms with Gasteiger partial charge in [-0.2, -0.15) is 4.98 Å². The Morgan fingerprint density at radius 3 is 2.58 bits per heavy atom. The summed E-state index contributed by atoms with van der Waals surface area (Å²) in [6.07, 6.45) is 0.344. The van der Waals surface area contributed by atoms with Gasteiger partial charge in [-0.15, -0.1) is 0 Å². The van der Waals surface area contributed by atoms with Crippen LogP contribution in [-0.2, 0) is 11.2 Å². The zero-order chi connectivity index (χ0) is 19.1. The molecule has 0 saturated carbocycles. The molecule has 7 nitrogen and oxygen atoms in total. The highest BCUT2D eigenvalue weighted by atomic mass is 16.5. The van der Waals surface area contributed by atoms with Crippen molar-refractivity contribution in [2.24, 2.45) is 0 Å². The number of nitrogens with one attached hydrogen (secondary N) is 2. The second-order valence-corrected chi connectivity index (χ2v) is 6.34. The molecule has 140 valence electrons. The molecule has 1 heterocycles. The van der Waals surface area contributed by atoms with E-state index in [9.17, 15) is 4.79 Å². The molecule has 2 rings (SSSR count). The second kappa shape index (κ2) is 9.03. The number of ether oxygens (including phenoxy) is 1. The maximum atomic E-state index is 12.1. The van der Waals surface area contributed by atoms with Crippen LogP contribution in [0.2, 0.25) is 0 Å². The van der Waals surface area contributed by atoms with Gasteiger partial charge in [-0.25, -0.2) is 4.98 Å². The van der Waals surface area contributed by atoms with Crippen LogP contribution in [0.3, 0.4) is 0 Å². The average Bonchev–Trinajstić information content (AvgIpc) is 2.58. The Bertz CT molecular complexity index is 762. The molecule has 1 aromatic heterocycles. The average molecular weight is 357 g/mol. The number of rotatable bonds is 8. The van der Waals surface area contributed by atoms with Crippen molar-refractivity contribution < 1.29 is 9.53 Å². The van der Waals surface area contributed by atoms with Gasteiger partial charge < -0.3 is 20.3 Å². The number of aryl methyl sites for hydroxylation is 2. The molecule has 0 aliphatic rings. The minimum absolute atomic E-state index is 0.0180. The second-order valence-electron chi connectivity index (χ2n) is 6.34. The number of benzene rings is 1. The lowest BCUT2D eigenvalue weighted by Crippen LogP contribution is -2.30. The first-order chi connectivity index (χ1) is 12.4. The van der Waals surface area contributed by atoms with Gasteiger partial charge in [-0.3, -0.25) is 4.79 Å². The summed E-state index contributed by atoms with van der Waals surface area (Å²) in [6.45, 7) is 4.96. The van der Waals surface area contributed by atoms with Crippen molar-refractivity contribution in [2.75, 3.05) is 44.5 Å². The van der Waals surface area contributed by atoms with Gasteiger partial charge in [0.25, 0.3) is 0 Å². The summed E-state index contributed by atoms with van der Waals surface area (Å²) in [4.78, 5) is 22.8. The van der Waals surface area contributed by atoms with Gasteiger partial charge >= 0.3 is 0 Å². The van der Waals surface area contributed by atoms with E-state index >= 15 is 0 Å². The maximum absolute atomic E-state index is 12.1. The van der Waals surface area contributed by atoms with Crippen LogP contribution in [0.5, 0.6) is 5.75 Å². The number of carbonyl (C=O) groups is 1. The van der Waals surface area contributed by atoms with Gasteiger partial charge in [0, 0.05) is 38.9 Å². The monoisotopic (exact) mass is 357 g/mol. The highest BCUT2D eigenvalue weighted by molar-refractivity contribution is 5.78. The standard InChI is InChI=1S/C19H27N5O2/c1-13-10-15(6-7-16(13)26-5)12-18(25)20-8-9-21-19-22-14(2)11-17(23-19)24(3)4/h6-7,10-11H,8-9,12H2,1-5H3,(H,20,25)(H,21,22,23). The highest BCUT2D eigenvalue weighted by Crippen LogP contribution is 2.18. The summed E-state index contributed by atoms with van der Waals surface area (Å²) in [5.74, 6) is 2.22. The van der Waals surface area contributed by atoms with Crippen molar-refractivity contribution in [3.05, 3.63) is 41.1 Å². The summed E-state index contributed by atoms with van der Waals surface area (Å²) in [7, 11) is 5.51. The van der Waals surface area contributed by atoms with Crippen LogP contribution in [0.15, 0.2) is 24.3 Å². The molecule has 26 heavy (non-hydrogen) atoms. The number of hydrogen-bond donors (Lipinski definition) is 2.